The highest BCUT2D eigenvalue weighted by Gasteiger charge is 2.22. The molecular weight excluding hydrogens is 194 g/mol. The second-order valence-corrected chi connectivity index (χ2v) is 4.10. The molecule has 0 aliphatic carbocycles. The van der Waals surface area contributed by atoms with Gasteiger partial charge < -0.3 is 9.84 Å². The third kappa shape index (κ3) is 2.76. The second-order valence-electron chi connectivity index (χ2n) is 4.10. The van der Waals surface area contributed by atoms with Crippen LogP contribution in [0.25, 0.3) is 0 Å². The molecule has 2 heterocycles. The van der Waals surface area contributed by atoms with Gasteiger partial charge in [0.05, 0.1) is 11.8 Å². The highest BCUT2D eigenvalue weighted by molar-refractivity contribution is 4.95. The van der Waals surface area contributed by atoms with E-state index in [-0.39, 0.29) is 6.10 Å². The third-order valence-corrected chi connectivity index (χ3v) is 2.88. The first-order chi connectivity index (χ1) is 7.25. The van der Waals surface area contributed by atoms with Gasteiger partial charge in [-0.3, -0.25) is 4.68 Å². The lowest BCUT2D eigenvalue weighted by Gasteiger charge is -2.26. The minimum atomic E-state index is -0.314. The van der Waals surface area contributed by atoms with E-state index in [4.69, 9.17) is 4.74 Å². The summed E-state index contributed by atoms with van der Waals surface area (Å²) in [6.45, 7) is 1.53. The van der Waals surface area contributed by atoms with Gasteiger partial charge in [0, 0.05) is 32.9 Å². The SMILES string of the molecule is Cn1cc(CC(O)C2CCOCC2)nn1. The van der Waals surface area contributed by atoms with E-state index in [9.17, 15) is 5.11 Å². The van der Waals surface area contributed by atoms with Crippen molar-refractivity contribution in [2.75, 3.05) is 13.2 Å². The van der Waals surface area contributed by atoms with Crippen LogP contribution in [-0.2, 0) is 18.2 Å². The summed E-state index contributed by atoms with van der Waals surface area (Å²) in [5, 5.41) is 17.8. The first-order valence-electron chi connectivity index (χ1n) is 5.36. The number of aryl methyl sites for hydroxylation is 1. The van der Waals surface area contributed by atoms with E-state index in [2.05, 4.69) is 10.3 Å². The smallest absolute Gasteiger partial charge is 0.0852 e. The minimum Gasteiger partial charge on any atom is -0.392 e. The van der Waals surface area contributed by atoms with Crippen LogP contribution >= 0.6 is 0 Å². The van der Waals surface area contributed by atoms with Crippen LogP contribution < -0.4 is 0 Å². The van der Waals surface area contributed by atoms with E-state index < -0.39 is 0 Å². The van der Waals surface area contributed by atoms with Crippen LogP contribution in [0, 0.1) is 5.92 Å². The molecule has 1 saturated heterocycles. The number of rotatable bonds is 3. The van der Waals surface area contributed by atoms with Gasteiger partial charge in [0.25, 0.3) is 0 Å². The molecule has 15 heavy (non-hydrogen) atoms. The average Bonchev–Trinajstić information content (AvgIpc) is 2.65. The first-order valence-corrected chi connectivity index (χ1v) is 5.36. The summed E-state index contributed by atoms with van der Waals surface area (Å²) in [5.74, 6) is 0.348. The Morgan fingerprint density at radius 1 is 1.60 bits per heavy atom. The highest BCUT2D eigenvalue weighted by Crippen LogP contribution is 2.20. The van der Waals surface area contributed by atoms with E-state index >= 15 is 0 Å². The summed E-state index contributed by atoms with van der Waals surface area (Å²) >= 11 is 0. The van der Waals surface area contributed by atoms with Gasteiger partial charge in [0.1, 0.15) is 0 Å². The molecule has 1 N–H and O–H groups in total. The fraction of sp³-hybridized carbons (Fsp3) is 0.800. The highest BCUT2D eigenvalue weighted by atomic mass is 16.5. The number of aliphatic hydroxyl groups excluding tert-OH is 1. The topological polar surface area (TPSA) is 60.2 Å². The number of hydrogen-bond donors (Lipinski definition) is 1. The molecule has 1 aliphatic rings. The molecule has 5 heteroatoms. The Kier molecular flexibility index (Phi) is 3.33. The molecule has 0 saturated carbocycles. The molecule has 1 aliphatic heterocycles. The summed E-state index contributed by atoms with van der Waals surface area (Å²) < 4.78 is 6.92. The average molecular weight is 211 g/mol. The molecule has 0 amide bonds. The van der Waals surface area contributed by atoms with Crippen molar-refractivity contribution in [3.63, 3.8) is 0 Å². The van der Waals surface area contributed by atoms with E-state index in [1.54, 1.807) is 4.68 Å². The fourth-order valence-electron chi connectivity index (χ4n) is 1.97. The molecule has 0 spiro atoms. The van der Waals surface area contributed by atoms with Crippen LogP contribution in [0.2, 0.25) is 0 Å². The van der Waals surface area contributed by atoms with Crippen LogP contribution in [0.4, 0.5) is 0 Å². The third-order valence-electron chi connectivity index (χ3n) is 2.88. The zero-order valence-electron chi connectivity index (χ0n) is 8.96. The van der Waals surface area contributed by atoms with Gasteiger partial charge in [-0.15, -0.1) is 5.10 Å². The number of ether oxygens (including phenoxy) is 1. The summed E-state index contributed by atoms with van der Waals surface area (Å²) in [7, 11) is 1.83. The van der Waals surface area contributed by atoms with Gasteiger partial charge >= 0.3 is 0 Å². The van der Waals surface area contributed by atoms with Crippen molar-refractivity contribution >= 4 is 0 Å². The van der Waals surface area contributed by atoms with Crippen LogP contribution in [0.15, 0.2) is 6.20 Å². The Hall–Kier alpha value is -0.940. The lowest BCUT2D eigenvalue weighted by Crippen LogP contribution is -2.29. The Balaban J connectivity index is 1.88. The quantitative estimate of drug-likeness (QED) is 0.773. The molecule has 1 aromatic rings. The van der Waals surface area contributed by atoms with E-state index in [0.29, 0.717) is 12.3 Å². The van der Waals surface area contributed by atoms with Gasteiger partial charge in [0.15, 0.2) is 0 Å². The predicted octanol–water partition coefficient (Wildman–Crippen LogP) is 0.145. The van der Waals surface area contributed by atoms with Crippen molar-refractivity contribution < 1.29 is 9.84 Å². The number of aliphatic hydroxyl groups is 1. The molecule has 0 aromatic carbocycles. The van der Waals surface area contributed by atoms with E-state index in [1.165, 1.54) is 0 Å². The number of nitrogens with zero attached hydrogens (tertiary/aromatic N) is 3. The number of hydrogen-bond acceptors (Lipinski definition) is 4. The second kappa shape index (κ2) is 4.72. The Morgan fingerprint density at radius 2 is 2.33 bits per heavy atom. The van der Waals surface area contributed by atoms with Gasteiger partial charge in [0.2, 0.25) is 0 Å². The lowest BCUT2D eigenvalue weighted by molar-refractivity contribution is 0.00805. The van der Waals surface area contributed by atoms with Gasteiger partial charge in [-0.25, -0.2) is 0 Å². The summed E-state index contributed by atoms with van der Waals surface area (Å²) in [5.41, 5.74) is 0.858. The molecule has 84 valence electrons. The van der Waals surface area contributed by atoms with Crippen molar-refractivity contribution in [3.8, 4) is 0 Å². The monoisotopic (exact) mass is 211 g/mol. The largest absolute Gasteiger partial charge is 0.392 e. The normalized spacial score (nSPS) is 20.4. The standard InChI is InChI=1S/C10H17N3O2/c1-13-7-9(11-12-13)6-10(14)8-2-4-15-5-3-8/h7-8,10,14H,2-6H2,1H3. The maximum absolute atomic E-state index is 10.0. The van der Waals surface area contributed by atoms with Crippen LogP contribution in [0.3, 0.4) is 0 Å². The molecule has 1 unspecified atom stereocenters. The Morgan fingerprint density at radius 3 is 2.93 bits per heavy atom. The van der Waals surface area contributed by atoms with Crippen molar-refractivity contribution in [3.05, 3.63) is 11.9 Å². The number of aromatic nitrogens is 3. The zero-order valence-corrected chi connectivity index (χ0v) is 8.96. The van der Waals surface area contributed by atoms with E-state index in [1.807, 2.05) is 13.2 Å². The van der Waals surface area contributed by atoms with Gasteiger partial charge in [-0.05, 0) is 18.8 Å². The minimum absolute atomic E-state index is 0.314. The predicted molar refractivity (Wildman–Crippen MR) is 54.3 cm³/mol. The molecule has 1 fully saturated rings. The molecule has 0 bridgehead atoms. The van der Waals surface area contributed by atoms with Crippen molar-refractivity contribution in [1.82, 2.24) is 15.0 Å². The maximum atomic E-state index is 10.0. The molecule has 1 atom stereocenters. The first kappa shape index (κ1) is 10.6. The van der Waals surface area contributed by atoms with Crippen molar-refractivity contribution in [2.24, 2.45) is 13.0 Å². The van der Waals surface area contributed by atoms with Crippen LogP contribution in [0.5, 0.6) is 0 Å². The van der Waals surface area contributed by atoms with Gasteiger partial charge in [-0.1, -0.05) is 5.21 Å². The molecule has 5 nitrogen and oxygen atoms in total. The molecular formula is C10H17N3O2. The fourth-order valence-corrected chi connectivity index (χ4v) is 1.97. The Bertz CT molecular complexity index is 307. The van der Waals surface area contributed by atoms with Crippen LogP contribution in [-0.4, -0.2) is 39.4 Å². The summed E-state index contributed by atoms with van der Waals surface area (Å²) in [4.78, 5) is 0. The van der Waals surface area contributed by atoms with Crippen molar-refractivity contribution in [1.29, 1.82) is 0 Å². The van der Waals surface area contributed by atoms with Gasteiger partial charge in [-0.2, -0.15) is 0 Å². The lowest BCUT2D eigenvalue weighted by atomic mass is 9.91. The zero-order chi connectivity index (χ0) is 10.7. The summed E-state index contributed by atoms with van der Waals surface area (Å²) in [6, 6.07) is 0. The Labute approximate surface area is 89.0 Å². The van der Waals surface area contributed by atoms with E-state index in [0.717, 1.165) is 31.7 Å². The summed E-state index contributed by atoms with van der Waals surface area (Å²) in [6.07, 6.45) is 4.02. The maximum Gasteiger partial charge on any atom is 0.0852 e. The molecule has 1 aromatic heterocycles. The molecule has 0 radical (unpaired) electrons. The van der Waals surface area contributed by atoms with Crippen LogP contribution in [0.1, 0.15) is 18.5 Å². The molecule has 2 rings (SSSR count). The van der Waals surface area contributed by atoms with Crippen molar-refractivity contribution in [2.45, 2.75) is 25.4 Å².